The first-order valence-corrected chi connectivity index (χ1v) is 7.30. The Labute approximate surface area is 113 Å². The van der Waals surface area contributed by atoms with Crippen LogP contribution in [0.1, 0.15) is 44.6 Å². The molecule has 1 heterocycles. The van der Waals surface area contributed by atoms with Gasteiger partial charge in [-0.2, -0.15) is 0 Å². The van der Waals surface area contributed by atoms with Crippen molar-refractivity contribution >= 4 is 5.82 Å². The van der Waals surface area contributed by atoms with Crippen molar-refractivity contribution in [1.82, 2.24) is 9.55 Å². The molecule has 2 aliphatic rings. The second-order valence-electron chi connectivity index (χ2n) is 5.89. The fourth-order valence-corrected chi connectivity index (χ4v) is 2.95. The molecule has 2 unspecified atom stereocenters. The molecule has 1 aromatic heterocycles. The van der Waals surface area contributed by atoms with Crippen LogP contribution < -0.4 is 16.6 Å². The predicted molar refractivity (Wildman–Crippen MR) is 75.2 cm³/mol. The molecule has 0 spiro atoms. The van der Waals surface area contributed by atoms with Crippen molar-refractivity contribution in [3.8, 4) is 0 Å². The molecule has 0 bridgehead atoms. The summed E-state index contributed by atoms with van der Waals surface area (Å²) < 4.78 is 1.81. The van der Waals surface area contributed by atoms with Gasteiger partial charge in [-0.05, 0) is 38.0 Å². The summed E-state index contributed by atoms with van der Waals surface area (Å²) in [7, 11) is 0. The maximum Gasteiger partial charge on any atom is 0.293 e. The van der Waals surface area contributed by atoms with Gasteiger partial charge in [0.2, 0.25) is 0 Å². The first-order valence-electron chi connectivity index (χ1n) is 7.30. The normalized spacial score (nSPS) is 27.2. The average Bonchev–Trinajstić information content (AvgIpc) is 3.22. The van der Waals surface area contributed by atoms with E-state index in [9.17, 15) is 4.79 Å². The van der Waals surface area contributed by atoms with Crippen molar-refractivity contribution in [1.29, 1.82) is 0 Å². The molecular weight excluding hydrogens is 240 g/mol. The van der Waals surface area contributed by atoms with E-state index in [2.05, 4.69) is 10.3 Å². The van der Waals surface area contributed by atoms with E-state index in [4.69, 9.17) is 5.73 Å². The number of aromatic nitrogens is 2. The van der Waals surface area contributed by atoms with Gasteiger partial charge in [0.15, 0.2) is 5.82 Å². The first-order chi connectivity index (χ1) is 9.24. The molecule has 19 heavy (non-hydrogen) atoms. The summed E-state index contributed by atoms with van der Waals surface area (Å²) in [5, 5.41) is 3.23. The minimum Gasteiger partial charge on any atom is -0.365 e. The standard InChI is InChI=1S/C14H22N4O/c15-11-3-1-2-10(8-11)9-17-13-14(19)18(7-6-16-13)12-4-5-12/h6-7,10-12H,1-5,8-9,15H2,(H,16,17). The summed E-state index contributed by atoms with van der Waals surface area (Å²) in [4.78, 5) is 16.4. The molecule has 2 atom stereocenters. The molecule has 2 aliphatic carbocycles. The summed E-state index contributed by atoms with van der Waals surface area (Å²) in [6.07, 6.45) is 10.3. The van der Waals surface area contributed by atoms with Crippen LogP contribution in [0.5, 0.6) is 0 Å². The van der Waals surface area contributed by atoms with E-state index in [1.165, 1.54) is 12.8 Å². The molecule has 0 amide bonds. The van der Waals surface area contributed by atoms with Gasteiger partial charge in [0.05, 0.1) is 0 Å². The summed E-state index contributed by atoms with van der Waals surface area (Å²) in [5.74, 6) is 1.06. The quantitative estimate of drug-likeness (QED) is 0.862. The van der Waals surface area contributed by atoms with Crippen molar-refractivity contribution in [2.24, 2.45) is 11.7 Å². The number of rotatable bonds is 4. The van der Waals surface area contributed by atoms with Gasteiger partial charge in [-0.1, -0.05) is 6.42 Å². The summed E-state index contributed by atoms with van der Waals surface area (Å²) in [5.41, 5.74) is 6.01. The molecule has 1 aromatic rings. The first kappa shape index (κ1) is 12.7. The van der Waals surface area contributed by atoms with E-state index in [1.807, 2.05) is 4.57 Å². The molecule has 0 radical (unpaired) electrons. The highest BCUT2D eigenvalue weighted by Crippen LogP contribution is 2.33. The molecule has 5 heteroatoms. The third kappa shape index (κ3) is 2.97. The number of nitrogens with two attached hydrogens (primary N) is 1. The van der Waals surface area contributed by atoms with E-state index in [-0.39, 0.29) is 5.56 Å². The van der Waals surface area contributed by atoms with E-state index in [0.29, 0.717) is 23.8 Å². The Morgan fingerprint density at radius 1 is 1.37 bits per heavy atom. The highest BCUT2D eigenvalue weighted by molar-refractivity contribution is 5.31. The van der Waals surface area contributed by atoms with Crippen molar-refractivity contribution in [2.75, 3.05) is 11.9 Å². The predicted octanol–water partition coefficient (Wildman–Crippen LogP) is 1.51. The van der Waals surface area contributed by atoms with Gasteiger partial charge in [0.25, 0.3) is 5.56 Å². The van der Waals surface area contributed by atoms with Crippen LogP contribution in [-0.4, -0.2) is 22.1 Å². The van der Waals surface area contributed by atoms with Crippen LogP contribution in [0.4, 0.5) is 5.82 Å². The van der Waals surface area contributed by atoms with Crippen molar-refractivity contribution in [2.45, 2.75) is 50.6 Å². The minimum absolute atomic E-state index is 0.0186. The highest BCUT2D eigenvalue weighted by atomic mass is 16.1. The van der Waals surface area contributed by atoms with Crippen LogP contribution in [0.25, 0.3) is 0 Å². The lowest BCUT2D eigenvalue weighted by molar-refractivity contribution is 0.334. The summed E-state index contributed by atoms with van der Waals surface area (Å²) >= 11 is 0. The maximum absolute atomic E-state index is 12.2. The van der Waals surface area contributed by atoms with E-state index in [1.54, 1.807) is 12.4 Å². The molecular formula is C14H22N4O. The fourth-order valence-electron chi connectivity index (χ4n) is 2.95. The Kier molecular flexibility index (Phi) is 3.55. The number of hydrogen-bond donors (Lipinski definition) is 2. The van der Waals surface area contributed by atoms with Gasteiger partial charge in [0.1, 0.15) is 0 Å². The molecule has 0 aliphatic heterocycles. The van der Waals surface area contributed by atoms with E-state index in [0.717, 1.165) is 32.2 Å². The second kappa shape index (κ2) is 5.33. The van der Waals surface area contributed by atoms with Crippen LogP contribution in [0.15, 0.2) is 17.2 Å². The zero-order valence-electron chi connectivity index (χ0n) is 11.2. The van der Waals surface area contributed by atoms with Gasteiger partial charge in [-0.25, -0.2) is 4.98 Å². The number of nitrogens with zero attached hydrogens (tertiary/aromatic N) is 2. The lowest BCUT2D eigenvalue weighted by Gasteiger charge is -2.26. The molecule has 0 saturated heterocycles. The van der Waals surface area contributed by atoms with Gasteiger partial charge < -0.3 is 15.6 Å². The van der Waals surface area contributed by atoms with Gasteiger partial charge in [0, 0.05) is 31.0 Å². The second-order valence-corrected chi connectivity index (χ2v) is 5.89. The van der Waals surface area contributed by atoms with Crippen LogP contribution >= 0.6 is 0 Å². The lowest BCUT2D eigenvalue weighted by Crippen LogP contribution is -2.32. The lowest BCUT2D eigenvalue weighted by atomic mass is 9.86. The monoisotopic (exact) mass is 262 g/mol. The largest absolute Gasteiger partial charge is 0.365 e. The molecule has 5 nitrogen and oxygen atoms in total. The van der Waals surface area contributed by atoms with E-state index >= 15 is 0 Å². The minimum atomic E-state index is 0.0186. The van der Waals surface area contributed by atoms with Crippen molar-refractivity contribution in [3.63, 3.8) is 0 Å². The Morgan fingerprint density at radius 3 is 2.95 bits per heavy atom. The summed E-state index contributed by atoms with van der Waals surface area (Å²) in [6, 6.07) is 0.728. The zero-order chi connectivity index (χ0) is 13.2. The third-order valence-electron chi connectivity index (χ3n) is 4.19. The highest BCUT2D eigenvalue weighted by Gasteiger charge is 2.25. The Hall–Kier alpha value is -1.36. The number of anilines is 1. The van der Waals surface area contributed by atoms with Crippen LogP contribution in [0.2, 0.25) is 0 Å². The van der Waals surface area contributed by atoms with Crippen LogP contribution in [0, 0.1) is 5.92 Å². The third-order valence-corrected chi connectivity index (χ3v) is 4.19. The van der Waals surface area contributed by atoms with Gasteiger partial charge in [-0.3, -0.25) is 4.79 Å². The van der Waals surface area contributed by atoms with Crippen molar-refractivity contribution in [3.05, 3.63) is 22.7 Å². The Balaban J connectivity index is 1.63. The Morgan fingerprint density at radius 2 is 2.21 bits per heavy atom. The molecule has 3 N–H and O–H groups in total. The molecule has 3 rings (SSSR count). The SMILES string of the molecule is NC1CCCC(CNc2nccn(C3CC3)c2=O)C1. The van der Waals surface area contributed by atoms with Crippen LogP contribution in [0.3, 0.4) is 0 Å². The van der Waals surface area contributed by atoms with E-state index < -0.39 is 0 Å². The summed E-state index contributed by atoms with van der Waals surface area (Å²) in [6.45, 7) is 0.810. The van der Waals surface area contributed by atoms with Crippen LogP contribution in [-0.2, 0) is 0 Å². The Bertz CT molecular complexity index is 494. The topological polar surface area (TPSA) is 72.9 Å². The zero-order valence-corrected chi connectivity index (χ0v) is 11.2. The van der Waals surface area contributed by atoms with Gasteiger partial charge >= 0.3 is 0 Å². The fraction of sp³-hybridized carbons (Fsp3) is 0.714. The molecule has 104 valence electrons. The smallest absolute Gasteiger partial charge is 0.293 e. The number of nitrogens with one attached hydrogen (secondary N) is 1. The maximum atomic E-state index is 12.2. The number of hydrogen-bond acceptors (Lipinski definition) is 4. The molecule has 2 saturated carbocycles. The molecule has 2 fully saturated rings. The van der Waals surface area contributed by atoms with Gasteiger partial charge in [-0.15, -0.1) is 0 Å². The average molecular weight is 262 g/mol. The van der Waals surface area contributed by atoms with Crippen molar-refractivity contribution < 1.29 is 0 Å². The molecule has 0 aromatic carbocycles.